The molecule has 2 N–H and O–H groups in total. The molecule has 144 valence electrons. The number of para-hydroxylation sites is 2. The normalized spacial score (nSPS) is 11.8. The van der Waals surface area contributed by atoms with Crippen LogP contribution >= 0.6 is 11.8 Å². The van der Waals surface area contributed by atoms with E-state index in [2.05, 4.69) is 20.6 Å². The predicted octanol–water partition coefficient (Wildman–Crippen LogP) is 3.48. The van der Waals surface area contributed by atoms with Gasteiger partial charge in [-0.3, -0.25) is 9.59 Å². The highest BCUT2D eigenvalue weighted by Gasteiger charge is 2.18. The lowest BCUT2D eigenvalue weighted by Gasteiger charge is -2.14. The fraction of sp³-hybridized carbons (Fsp3) is 0.238. The Morgan fingerprint density at radius 2 is 1.75 bits per heavy atom. The van der Waals surface area contributed by atoms with Crippen LogP contribution < -0.4 is 10.6 Å². The first kappa shape index (κ1) is 19.8. The lowest BCUT2D eigenvalue weighted by Crippen LogP contribution is -2.37. The first-order valence-corrected chi connectivity index (χ1v) is 9.84. The van der Waals surface area contributed by atoms with Gasteiger partial charge in [0.1, 0.15) is 11.4 Å². The van der Waals surface area contributed by atoms with E-state index in [0.717, 1.165) is 32.7 Å². The molecule has 0 bridgehead atoms. The van der Waals surface area contributed by atoms with Crippen molar-refractivity contribution in [3.8, 4) is 0 Å². The summed E-state index contributed by atoms with van der Waals surface area (Å²) in [5, 5.41) is 6.81. The third-order valence-electron chi connectivity index (χ3n) is 4.33. The molecule has 2 amide bonds. The minimum absolute atomic E-state index is 0.0813. The summed E-state index contributed by atoms with van der Waals surface area (Å²) in [7, 11) is 0. The molecule has 0 fully saturated rings. The van der Waals surface area contributed by atoms with Crippen LogP contribution in [0.15, 0.2) is 53.8 Å². The Balaban J connectivity index is 1.58. The Kier molecular flexibility index (Phi) is 6.26. The van der Waals surface area contributed by atoms with E-state index < -0.39 is 5.25 Å². The molecule has 1 atom stereocenters. The van der Waals surface area contributed by atoms with Crippen molar-refractivity contribution in [1.82, 2.24) is 15.3 Å². The van der Waals surface area contributed by atoms with Crippen molar-refractivity contribution in [3.05, 3.63) is 59.9 Å². The van der Waals surface area contributed by atoms with Gasteiger partial charge in [-0.1, -0.05) is 48.2 Å². The third-order valence-corrected chi connectivity index (χ3v) is 5.45. The Labute approximate surface area is 168 Å². The van der Waals surface area contributed by atoms with Crippen molar-refractivity contribution >= 4 is 40.2 Å². The summed E-state index contributed by atoms with van der Waals surface area (Å²) in [6, 6.07) is 13.5. The molecule has 0 radical (unpaired) electrons. The lowest BCUT2D eigenvalue weighted by atomic mass is 10.1. The van der Waals surface area contributed by atoms with E-state index in [-0.39, 0.29) is 18.4 Å². The van der Waals surface area contributed by atoms with Crippen molar-refractivity contribution < 1.29 is 9.59 Å². The zero-order valence-corrected chi connectivity index (χ0v) is 16.8. The molecule has 2 aromatic carbocycles. The number of hydrogen-bond donors (Lipinski definition) is 2. The molecule has 28 heavy (non-hydrogen) atoms. The fourth-order valence-electron chi connectivity index (χ4n) is 2.80. The number of amides is 2. The average molecular weight is 395 g/mol. The van der Waals surface area contributed by atoms with E-state index >= 15 is 0 Å². The smallest absolute Gasteiger partial charge is 0.243 e. The van der Waals surface area contributed by atoms with Crippen molar-refractivity contribution in [1.29, 1.82) is 0 Å². The fourth-order valence-corrected chi connectivity index (χ4v) is 3.73. The van der Waals surface area contributed by atoms with E-state index in [4.69, 9.17) is 0 Å². The molecule has 0 spiro atoms. The molecule has 1 heterocycles. The first-order valence-electron chi connectivity index (χ1n) is 8.96. The minimum atomic E-state index is -0.397. The summed E-state index contributed by atoms with van der Waals surface area (Å²) in [4.78, 5) is 33.2. The number of rotatable bonds is 6. The second kappa shape index (κ2) is 8.84. The number of thioether (sulfide) groups is 1. The number of fused-ring (bicyclic) bond motifs is 1. The van der Waals surface area contributed by atoms with Gasteiger partial charge in [0.2, 0.25) is 11.8 Å². The largest absolute Gasteiger partial charge is 0.346 e. The number of hydrogen-bond acceptors (Lipinski definition) is 5. The highest BCUT2D eigenvalue weighted by atomic mass is 32.2. The van der Waals surface area contributed by atoms with Gasteiger partial charge in [-0.25, -0.2) is 9.97 Å². The second-order valence-corrected chi connectivity index (χ2v) is 7.82. The number of aryl methyl sites for hydroxylation is 2. The number of nitrogens with zero attached hydrogens (tertiary/aromatic N) is 2. The van der Waals surface area contributed by atoms with Gasteiger partial charge in [0.25, 0.3) is 0 Å². The molecule has 0 unspecified atom stereocenters. The summed E-state index contributed by atoms with van der Waals surface area (Å²) >= 11 is 1.35. The monoisotopic (exact) mass is 394 g/mol. The highest BCUT2D eigenvalue weighted by molar-refractivity contribution is 8.00. The lowest BCUT2D eigenvalue weighted by molar-refractivity contribution is -0.123. The molecule has 6 nitrogen and oxygen atoms in total. The van der Waals surface area contributed by atoms with E-state index in [1.54, 1.807) is 6.92 Å². The van der Waals surface area contributed by atoms with Gasteiger partial charge in [-0.15, -0.1) is 0 Å². The maximum atomic E-state index is 12.4. The van der Waals surface area contributed by atoms with Crippen molar-refractivity contribution in [2.45, 2.75) is 31.0 Å². The van der Waals surface area contributed by atoms with E-state index in [1.807, 2.05) is 56.3 Å². The van der Waals surface area contributed by atoms with Crippen molar-refractivity contribution in [2.24, 2.45) is 0 Å². The van der Waals surface area contributed by atoms with E-state index in [9.17, 15) is 9.59 Å². The summed E-state index contributed by atoms with van der Waals surface area (Å²) in [6.45, 7) is 5.58. The first-order chi connectivity index (χ1) is 13.5. The maximum Gasteiger partial charge on any atom is 0.243 e. The number of carbonyl (C=O) groups is 2. The number of aromatic nitrogens is 2. The molecule has 0 saturated heterocycles. The number of benzene rings is 2. The van der Waals surface area contributed by atoms with Gasteiger partial charge in [-0.2, -0.15) is 0 Å². The zero-order chi connectivity index (χ0) is 20.1. The molecule has 7 heteroatoms. The van der Waals surface area contributed by atoms with Crippen LogP contribution in [0.2, 0.25) is 0 Å². The predicted molar refractivity (Wildman–Crippen MR) is 112 cm³/mol. The van der Waals surface area contributed by atoms with Crippen LogP contribution in [0.3, 0.4) is 0 Å². The molecule has 3 rings (SSSR count). The zero-order valence-electron chi connectivity index (χ0n) is 16.0. The van der Waals surface area contributed by atoms with Crippen LogP contribution in [0, 0.1) is 13.8 Å². The van der Waals surface area contributed by atoms with Crippen LogP contribution in [0.25, 0.3) is 10.9 Å². The van der Waals surface area contributed by atoms with Crippen LogP contribution in [0.5, 0.6) is 0 Å². The summed E-state index contributed by atoms with van der Waals surface area (Å²) in [6.07, 6.45) is 1.49. The van der Waals surface area contributed by atoms with E-state index in [1.165, 1.54) is 18.1 Å². The van der Waals surface area contributed by atoms with Gasteiger partial charge in [0.05, 0.1) is 17.3 Å². The summed E-state index contributed by atoms with van der Waals surface area (Å²) < 4.78 is 0. The molecule has 1 aromatic heterocycles. The van der Waals surface area contributed by atoms with Gasteiger partial charge < -0.3 is 10.6 Å². The SMILES string of the molecule is Cc1cccc(C)c1NC(=O)CNC(=O)[C@@H](C)Sc1ncnc2ccccc12. The Morgan fingerprint density at radius 3 is 2.50 bits per heavy atom. The quantitative estimate of drug-likeness (QED) is 0.494. The van der Waals surface area contributed by atoms with Crippen LogP contribution in [0.4, 0.5) is 5.69 Å². The Hall–Kier alpha value is -2.93. The Morgan fingerprint density at radius 1 is 1.04 bits per heavy atom. The van der Waals surface area contributed by atoms with Crippen LogP contribution in [-0.4, -0.2) is 33.6 Å². The standard InChI is InChI=1S/C21H22N4O2S/c1-13-7-6-8-14(2)19(13)25-18(26)11-22-20(27)15(3)28-21-16-9-4-5-10-17(16)23-12-24-21/h4-10,12,15H,11H2,1-3H3,(H,22,27)(H,25,26)/t15-/m1/s1. The molecule has 0 aliphatic heterocycles. The molecular weight excluding hydrogens is 372 g/mol. The summed E-state index contributed by atoms with van der Waals surface area (Å²) in [5.41, 5.74) is 3.59. The molecule has 0 aliphatic carbocycles. The van der Waals surface area contributed by atoms with E-state index in [0.29, 0.717) is 0 Å². The van der Waals surface area contributed by atoms with Crippen LogP contribution in [-0.2, 0) is 9.59 Å². The van der Waals surface area contributed by atoms with Gasteiger partial charge >= 0.3 is 0 Å². The molecule has 0 saturated carbocycles. The van der Waals surface area contributed by atoms with Crippen molar-refractivity contribution in [2.75, 3.05) is 11.9 Å². The van der Waals surface area contributed by atoms with Gasteiger partial charge in [0.15, 0.2) is 0 Å². The molecule has 0 aliphatic rings. The Bertz CT molecular complexity index is 997. The third kappa shape index (κ3) is 4.67. The topological polar surface area (TPSA) is 84.0 Å². The van der Waals surface area contributed by atoms with Crippen molar-refractivity contribution in [3.63, 3.8) is 0 Å². The number of anilines is 1. The second-order valence-electron chi connectivity index (χ2n) is 6.49. The highest BCUT2D eigenvalue weighted by Crippen LogP contribution is 2.27. The van der Waals surface area contributed by atoms with Gasteiger partial charge in [-0.05, 0) is 38.0 Å². The number of carbonyl (C=O) groups excluding carboxylic acids is 2. The number of nitrogens with one attached hydrogen (secondary N) is 2. The average Bonchev–Trinajstić information content (AvgIpc) is 2.69. The van der Waals surface area contributed by atoms with Gasteiger partial charge in [0, 0.05) is 11.1 Å². The molecular formula is C21H22N4O2S. The molecule has 3 aromatic rings. The summed E-state index contributed by atoms with van der Waals surface area (Å²) in [5.74, 6) is -0.472. The maximum absolute atomic E-state index is 12.4. The minimum Gasteiger partial charge on any atom is -0.346 e. The van der Waals surface area contributed by atoms with Crippen LogP contribution in [0.1, 0.15) is 18.1 Å².